The molecule has 2 rings (SSSR count). The van der Waals surface area contributed by atoms with E-state index in [1.165, 1.54) is 13.2 Å². The van der Waals surface area contributed by atoms with Crippen molar-refractivity contribution in [1.29, 1.82) is 0 Å². The van der Waals surface area contributed by atoms with Gasteiger partial charge in [0.1, 0.15) is 18.1 Å². The molecule has 2 aromatic carbocycles. The Kier molecular flexibility index (Phi) is 5.00. The highest BCUT2D eigenvalue weighted by molar-refractivity contribution is 5.41. The van der Waals surface area contributed by atoms with E-state index in [2.05, 4.69) is 0 Å². The van der Waals surface area contributed by atoms with Gasteiger partial charge in [0, 0.05) is 18.2 Å². The summed E-state index contributed by atoms with van der Waals surface area (Å²) in [7, 11) is 3.01. The number of nitrogens with two attached hydrogens (primary N) is 1. The topological polar surface area (TPSA) is 53.7 Å². The van der Waals surface area contributed by atoms with Crippen LogP contribution in [0.4, 0.5) is 4.39 Å². The lowest BCUT2D eigenvalue weighted by Crippen LogP contribution is -2.03. The van der Waals surface area contributed by atoms with Crippen LogP contribution in [0.2, 0.25) is 0 Å². The number of benzene rings is 2. The summed E-state index contributed by atoms with van der Waals surface area (Å²) in [6.07, 6.45) is 0. The molecular weight excluding hydrogens is 273 g/mol. The number of hydrogen-bond acceptors (Lipinski definition) is 4. The van der Waals surface area contributed by atoms with Gasteiger partial charge in [-0.1, -0.05) is 12.1 Å². The van der Waals surface area contributed by atoms with Crippen LogP contribution in [0, 0.1) is 5.82 Å². The highest BCUT2D eigenvalue weighted by Gasteiger charge is 2.07. The summed E-state index contributed by atoms with van der Waals surface area (Å²) in [6, 6.07) is 10.2. The summed E-state index contributed by atoms with van der Waals surface area (Å²) in [5.41, 5.74) is 7.25. The minimum atomic E-state index is -0.414. The molecule has 112 valence electrons. The van der Waals surface area contributed by atoms with E-state index in [1.54, 1.807) is 25.3 Å². The van der Waals surface area contributed by atoms with Crippen molar-refractivity contribution in [3.8, 4) is 17.2 Å². The van der Waals surface area contributed by atoms with Crippen molar-refractivity contribution in [2.75, 3.05) is 14.2 Å². The molecule has 2 N–H and O–H groups in total. The molecular formula is C16H18FNO3. The van der Waals surface area contributed by atoms with E-state index in [0.29, 0.717) is 23.6 Å². The largest absolute Gasteiger partial charge is 0.497 e. The molecule has 2 aromatic rings. The van der Waals surface area contributed by atoms with Crippen LogP contribution < -0.4 is 19.9 Å². The van der Waals surface area contributed by atoms with Crippen molar-refractivity contribution in [1.82, 2.24) is 0 Å². The van der Waals surface area contributed by atoms with Gasteiger partial charge >= 0.3 is 0 Å². The number of methoxy groups -OCH3 is 2. The first-order valence-electron chi connectivity index (χ1n) is 6.50. The summed E-state index contributed by atoms with van der Waals surface area (Å²) in [4.78, 5) is 0. The average molecular weight is 291 g/mol. The minimum Gasteiger partial charge on any atom is -0.497 e. The lowest BCUT2D eigenvalue weighted by atomic mass is 10.2. The molecule has 0 aliphatic carbocycles. The molecule has 0 amide bonds. The quantitative estimate of drug-likeness (QED) is 0.889. The van der Waals surface area contributed by atoms with Gasteiger partial charge in [-0.25, -0.2) is 4.39 Å². The zero-order valence-electron chi connectivity index (χ0n) is 12.1. The molecule has 0 atom stereocenters. The number of ether oxygens (including phenoxy) is 3. The van der Waals surface area contributed by atoms with Gasteiger partial charge in [0.15, 0.2) is 11.6 Å². The van der Waals surface area contributed by atoms with Crippen LogP contribution in [0.5, 0.6) is 17.2 Å². The van der Waals surface area contributed by atoms with Crippen LogP contribution in [-0.4, -0.2) is 14.2 Å². The van der Waals surface area contributed by atoms with Crippen molar-refractivity contribution in [3.05, 3.63) is 53.3 Å². The molecule has 21 heavy (non-hydrogen) atoms. The third-order valence-electron chi connectivity index (χ3n) is 3.10. The summed E-state index contributed by atoms with van der Waals surface area (Å²) in [5, 5.41) is 0. The summed E-state index contributed by atoms with van der Waals surface area (Å²) in [6.45, 7) is 0.595. The Balaban J connectivity index is 2.13. The summed E-state index contributed by atoms with van der Waals surface area (Å²) in [5.74, 6) is 1.11. The Morgan fingerprint density at radius 3 is 2.43 bits per heavy atom. The maximum absolute atomic E-state index is 13.6. The first-order chi connectivity index (χ1) is 10.2. The molecule has 0 saturated carbocycles. The van der Waals surface area contributed by atoms with Crippen LogP contribution in [0.25, 0.3) is 0 Å². The third kappa shape index (κ3) is 3.64. The van der Waals surface area contributed by atoms with Gasteiger partial charge in [0.25, 0.3) is 0 Å². The Labute approximate surface area is 123 Å². The monoisotopic (exact) mass is 291 g/mol. The molecule has 0 spiro atoms. The number of rotatable bonds is 6. The Hall–Kier alpha value is -2.27. The minimum absolute atomic E-state index is 0.211. The SMILES string of the molecule is COc1ccc(CN)c(OCc2ccc(OC)c(F)c2)c1. The van der Waals surface area contributed by atoms with Gasteiger partial charge in [-0.3, -0.25) is 0 Å². The second-order valence-corrected chi connectivity index (χ2v) is 4.44. The standard InChI is InChI=1S/C16H18FNO3/c1-19-13-5-4-12(9-18)16(8-13)21-10-11-3-6-15(20-2)14(17)7-11/h3-8H,9-10,18H2,1-2H3. The maximum atomic E-state index is 13.6. The summed E-state index contributed by atoms with van der Waals surface area (Å²) < 4.78 is 29.4. The molecule has 5 heteroatoms. The van der Waals surface area contributed by atoms with E-state index in [4.69, 9.17) is 19.9 Å². The molecule has 0 aromatic heterocycles. The fraction of sp³-hybridized carbons (Fsp3) is 0.250. The number of halogens is 1. The second kappa shape index (κ2) is 6.95. The van der Waals surface area contributed by atoms with Gasteiger partial charge in [-0.05, 0) is 23.8 Å². The van der Waals surface area contributed by atoms with Crippen molar-refractivity contribution in [2.45, 2.75) is 13.2 Å². The zero-order chi connectivity index (χ0) is 15.2. The maximum Gasteiger partial charge on any atom is 0.165 e. The molecule has 0 radical (unpaired) electrons. The molecule has 0 aliphatic rings. The fourth-order valence-electron chi connectivity index (χ4n) is 1.93. The van der Waals surface area contributed by atoms with Gasteiger partial charge < -0.3 is 19.9 Å². The summed E-state index contributed by atoms with van der Waals surface area (Å²) >= 11 is 0. The van der Waals surface area contributed by atoms with E-state index in [0.717, 1.165) is 5.56 Å². The second-order valence-electron chi connectivity index (χ2n) is 4.44. The third-order valence-corrected chi connectivity index (χ3v) is 3.10. The van der Waals surface area contributed by atoms with Crippen LogP contribution in [0.1, 0.15) is 11.1 Å². The van der Waals surface area contributed by atoms with Gasteiger partial charge in [-0.15, -0.1) is 0 Å². The predicted molar refractivity (Wildman–Crippen MR) is 78.2 cm³/mol. The normalized spacial score (nSPS) is 10.3. The molecule has 0 unspecified atom stereocenters. The van der Waals surface area contributed by atoms with E-state index < -0.39 is 5.82 Å². The van der Waals surface area contributed by atoms with Crippen molar-refractivity contribution in [2.24, 2.45) is 5.73 Å². The van der Waals surface area contributed by atoms with E-state index >= 15 is 0 Å². The molecule has 0 bridgehead atoms. The molecule has 4 nitrogen and oxygen atoms in total. The van der Waals surface area contributed by atoms with Crippen molar-refractivity contribution < 1.29 is 18.6 Å². The predicted octanol–water partition coefficient (Wildman–Crippen LogP) is 2.88. The first-order valence-corrected chi connectivity index (χ1v) is 6.50. The van der Waals surface area contributed by atoms with E-state index in [-0.39, 0.29) is 12.4 Å². The van der Waals surface area contributed by atoms with Crippen molar-refractivity contribution >= 4 is 0 Å². The van der Waals surface area contributed by atoms with Gasteiger partial charge in [0.2, 0.25) is 0 Å². The van der Waals surface area contributed by atoms with Crippen LogP contribution >= 0.6 is 0 Å². The van der Waals surface area contributed by atoms with Crippen LogP contribution in [0.15, 0.2) is 36.4 Å². The zero-order valence-corrected chi connectivity index (χ0v) is 12.1. The van der Waals surface area contributed by atoms with Crippen molar-refractivity contribution in [3.63, 3.8) is 0 Å². The van der Waals surface area contributed by atoms with Gasteiger partial charge in [0.05, 0.1) is 14.2 Å². The highest BCUT2D eigenvalue weighted by Crippen LogP contribution is 2.26. The molecule has 0 saturated heterocycles. The lowest BCUT2D eigenvalue weighted by Gasteiger charge is -2.12. The molecule has 0 heterocycles. The molecule has 0 aliphatic heterocycles. The van der Waals surface area contributed by atoms with Gasteiger partial charge in [-0.2, -0.15) is 0 Å². The Bertz CT molecular complexity index is 616. The van der Waals surface area contributed by atoms with Crippen LogP contribution in [-0.2, 0) is 13.2 Å². The van der Waals surface area contributed by atoms with E-state index in [9.17, 15) is 4.39 Å². The van der Waals surface area contributed by atoms with E-state index in [1.807, 2.05) is 12.1 Å². The Morgan fingerprint density at radius 1 is 1.00 bits per heavy atom. The molecule has 0 fully saturated rings. The fourth-order valence-corrected chi connectivity index (χ4v) is 1.93. The smallest absolute Gasteiger partial charge is 0.165 e. The average Bonchev–Trinajstić information content (AvgIpc) is 2.52. The lowest BCUT2D eigenvalue weighted by molar-refractivity contribution is 0.299. The Morgan fingerprint density at radius 2 is 1.81 bits per heavy atom. The first kappa shape index (κ1) is 15.1. The van der Waals surface area contributed by atoms with Crippen LogP contribution in [0.3, 0.4) is 0 Å². The highest BCUT2D eigenvalue weighted by atomic mass is 19.1. The number of hydrogen-bond donors (Lipinski definition) is 1.